The largest absolute Gasteiger partial charge is 0.345 e. The van der Waals surface area contributed by atoms with Crippen LogP contribution in [0, 0.1) is 0 Å². The van der Waals surface area contributed by atoms with Gasteiger partial charge in [0.15, 0.2) is 5.82 Å². The number of rotatable bonds is 8. The molecule has 0 saturated carbocycles. The van der Waals surface area contributed by atoms with E-state index in [1.165, 1.54) is 20.6 Å². The molecular formula is C16H21N5O5S2. The zero-order chi connectivity index (χ0) is 20.3. The van der Waals surface area contributed by atoms with Gasteiger partial charge in [-0.15, -0.1) is 16.4 Å². The summed E-state index contributed by atoms with van der Waals surface area (Å²) in [7, 11) is -2.09. The van der Waals surface area contributed by atoms with Gasteiger partial charge in [-0.3, -0.25) is 19.1 Å². The number of aromatic nitrogens is 3. The van der Waals surface area contributed by atoms with Gasteiger partial charge in [-0.1, -0.05) is 6.07 Å². The number of sulfonamides is 1. The first-order valence-corrected chi connectivity index (χ1v) is 11.3. The lowest BCUT2D eigenvalue weighted by atomic mass is 10.1. The second-order valence-corrected chi connectivity index (χ2v) is 9.25. The summed E-state index contributed by atoms with van der Waals surface area (Å²) in [5, 5.41) is 6.14. The zero-order valence-electron chi connectivity index (χ0n) is 15.3. The number of amides is 2. The summed E-state index contributed by atoms with van der Waals surface area (Å²) >= 11 is 1.45. The van der Waals surface area contributed by atoms with Crippen molar-refractivity contribution in [2.45, 2.75) is 25.8 Å². The predicted molar refractivity (Wildman–Crippen MR) is 103 cm³/mol. The number of thiophene rings is 1. The van der Waals surface area contributed by atoms with Gasteiger partial charge >= 0.3 is 5.69 Å². The first-order valence-electron chi connectivity index (χ1n) is 8.77. The Kier molecular flexibility index (Phi) is 6.10. The minimum atomic E-state index is -3.70. The van der Waals surface area contributed by atoms with Gasteiger partial charge in [0.1, 0.15) is 0 Å². The molecule has 10 nitrogen and oxygen atoms in total. The molecular weight excluding hydrogens is 406 g/mol. The summed E-state index contributed by atoms with van der Waals surface area (Å²) in [6.07, 6.45) is 1.02. The van der Waals surface area contributed by atoms with Gasteiger partial charge in [0, 0.05) is 33.0 Å². The summed E-state index contributed by atoms with van der Waals surface area (Å²) in [4.78, 5) is 37.6. The van der Waals surface area contributed by atoms with Gasteiger partial charge in [0.25, 0.3) is 0 Å². The summed E-state index contributed by atoms with van der Waals surface area (Å²) < 4.78 is 29.3. The number of likely N-dealkylation sites (tertiary alicyclic amines) is 1. The normalized spacial score (nSPS) is 15.4. The lowest BCUT2D eigenvalue weighted by molar-refractivity contribution is -0.147. The van der Waals surface area contributed by atoms with Crippen molar-refractivity contribution >= 4 is 33.2 Å². The van der Waals surface area contributed by atoms with Crippen molar-refractivity contribution in [3.05, 3.63) is 28.0 Å². The zero-order valence-corrected chi connectivity index (χ0v) is 17.0. The van der Waals surface area contributed by atoms with E-state index in [9.17, 15) is 22.8 Å². The van der Waals surface area contributed by atoms with E-state index in [0.717, 1.165) is 9.78 Å². The van der Waals surface area contributed by atoms with E-state index in [4.69, 9.17) is 0 Å². The molecule has 0 radical (unpaired) electrons. The highest BCUT2D eigenvalue weighted by Crippen LogP contribution is 2.20. The molecule has 2 aromatic heterocycles. The molecule has 0 aromatic carbocycles. The first-order chi connectivity index (χ1) is 13.3. The third-order valence-corrected chi connectivity index (χ3v) is 6.62. The second kappa shape index (κ2) is 8.37. The minimum Gasteiger partial charge on any atom is -0.282 e. The van der Waals surface area contributed by atoms with Crippen LogP contribution in [0.2, 0.25) is 0 Å². The van der Waals surface area contributed by atoms with Gasteiger partial charge in [0.05, 0.1) is 17.2 Å². The highest BCUT2D eigenvalue weighted by molar-refractivity contribution is 7.89. The molecule has 3 rings (SSSR count). The molecule has 0 spiro atoms. The first kappa shape index (κ1) is 20.4. The van der Waals surface area contributed by atoms with E-state index >= 15 is 0 Å². The fraction of sp³-hybridized carbons (Fsp3) is 0.500. The third kappa shape index (κ3) is 4.56. The highest BCUT2D eigenvalue weighted by atomic mass is 32.2. The molecule has 1 saturated heterocycles. The molecule has 1 fully saturated rings. The van der Waals surface area contributed by atoms with Gasteiger partial charge in [-0.2, -0.15) is 0 Å². The van der Waals surface area contributed by atoms with Gasteiger partial charge in [0.2, 0.25) is 21.8 Å². The maximum Gasteiger partial charge on any atom is 0.345 e. The van der Waals surface area contributed by atoms with Crippen molar-refractivity contribution in [1.29, 1.82) is 0 Å². The molecule has 3 heterocycles. The van der Waals surface area contributed by atoms with E-state index in [1.54, 1.807) is 7.05 Å². The molecule has 1 N–H and O–H groups in total. The third-order valence-electron chi connectivity index (χ3n) is 4.40. The fourth-order valence-electron chi connectivity index (χ4n) is 2.89. The van der Waals surface area contributed by atoms with Crippen LogP contribution in [-0.2, 0) is 33.2 Å². The van der Waals surface area contributed by atoms with Crippen molar-refractivity contribution in [3.8, 4) is 10.7 Å². The van der Waals surface area contributed by atoms with E-state index in [2.05, 4.69) is 9.82 Å². The highest BCUT2D eigenvalue weighted by Gasteiger charge is 2.27. The molecule has 0 bridgehead atoms. The molecule has 12 heteroatoms. The van der Waals surface area contributed by atoms with Crippen LogP contribution in [0.5, 0.6) is 0 Å². The number of carbonyl (C=O) groups excluding carboxylic acids is 2. The van der Waals surface area contributed by atoms with E-state index in [1.807, 2.05) is 17.5 Å². The lowest BCUT2D eigenvalue weighted by Crippen LogP contribution is -2.44. The number of imide groups is 1. The van der Waals surface area contributed by atoms with Crippen molar-refractivity contribution in [2.75, 3.05) is 18.8 Å². The molecule has 0 aliphatic carbocycles. The fourth-order valence-corrected chi connectivity index (χ4v) is 4.61. The van der Waals surface area contributed by atoms with Gasteiger partial charge in [-0.25, -0.2) is 22.6 Å². The Balaban J connectivity index is 1.56. The van der Waals surface area contributed by atoms with E-state index < -0.39 is 10.0 Å². The monoisotopic (exact) mass is 427 g/mol. The van der Waals surface area contributed by atoms with Gasteiger partial charge in [-0.05, 0) is 17.9 Å². The van der Waals surface area contributed by atoms with Crippen LogP contribution in [0.4, 0.5) is 0 Å². The molecule has 1 aliphatic rings. The maximum atomic E-state index is 12.3. The number of hydrogen-bond donors (Lipinski definition) is 1. The Morgan fingerprint density at radius 1 is 1.18 bits per heavy atom. The summed E-state index contributed by atoms with van der Waals surface area (Å²) in [5.41, 5.74) is -0.341. The standard InChI is InChI=1S/C16H21N5O5S2/c1-19-15(12-4-3-10-27-12)18-21(16(19)24)8-7-17-28(25,26)11-9-20-13(22)5-2-6-14(20)23/h3-4,10,17H,2,5-9,11H2,1H3. The van der Waals surface area contributed by atoms with Gasteiger partial charge < -0.3 is 0 Å². The molecule has 0 atom stereocenters. The van der Waals surface area contributed by atoms with Crippen LogP contribution in [-0.4, -0.2) is 58.3 Å². The van der Waals surface area contributed by atoms with Crippen LogP contribution in [0.1, 0.15) is 19.3 Å². The summed E-state index contributed by atoms with van der Waals surface area (Å²) in [6.45, 7) is -0.122. The quantitative estimate of drug-likeness (QED) is 0.581. The number of carbonyl (C=O) groups is 2. The average molecular weight is 428 g/mol. The van der Waals surface area contributed by atoms with Crippen LogP contribution in [0.25, 0.3) is 10.7 Å². The molecule has 28 heavy (non-hydrogen) atoms. The SMILES string of the molecule is Cn1c(-c2cccs2)nn(CCNS(=O)(=O)CCN2C(=O)CCCC2=O)c1=O. The van der Waals surface area contributed by atoms with Crippen molar-refractivity contribution < 1.29 is 18.0 Å². The van der Waals surface area contributed by atoms with Crippen LogP contribution < -0.4 is 10.4 Å². The average Bonchev–Trinajstić information content (AvgIpc) is 3.25. The van der Waals surface area contributed by atoms with Crippen molar-refractivity contribution in [2.24, 2.45) is 7.05 Å². The van der Waals surface area contributed by atoms with Crippen LogP contribution in [0.3, 0.4) is 0 Å². The Morgan fingerprint density at radius 2 is 1.89 bits per heavy atom. The number of nitrogens with one attached hydrogen (secondary N) is 1. The smallest absolute Gasteiger partial charge is 0.282 e. The Hall–Kier alpha value is -2.31. The summed E-state index contributed by atoms with van der Waals surface area (Å²) in [6, 6.07) is 3.71. The van der Waals surface area contributed by atoms with Crippen molar-refractivity contribution in [3.63, 3.8) is 0 Å². The number of hydrogen-bond acceptors (Lipinski definition) is 7. The van der Waals surface area contributed by atoms with E-state index in [-0.39, 0.29) is 55.7 Å². The molecule has 2 amide bonds. The number of piperidine rings is 1. The molecule has 1 aliphatic heterocycles. The topological polar surface area (TPSA) is 123 Å². The molecule has 152 valence electrons. The predicted octanol–water partition coefficient (Wildman–Crippen LogP) is -0.231. The summed E-state index contributed by atoms with van der Waals surface area (Å²) in [5.74, 6) is -0.535. The number of nitrogens with zero attached hydrogens (tertiary/aromatic N) is 4. The Morgan fingerprint density at radius 3 is 2.54 bits per heavy atom. The second-order valence-electron chi connectivity index (χ2n) is 6.37. The van der Waals surface area contributed by atoms with Crippen molar-refractivity contribution in [1.82, 2.24) is 24.0 Å². The molecule has 2 aromatic rings. The maximum absolute atomic E-state index is 12.3. The van der Waals surface area contributed by atoms with E-state index in [0.29, 0.717) is 12.2 Å². The Bertz CT molecular complexity index is 1010. The lowest BCUT2D eigenvalue weighted by Gasteiger charge is -2.24. The minimum absolute atomic E-state index is 0.0228. The van der Waals surface area contributed by atoms with Crippen LogP contribution in [0.15, 0.2) is 22.3 Å². The molecule has 0 unspecified atom stereocenters. The van der Waals surface area contributed by atoms with Crippen LogP contribution >= 0.6 is 11.3 Å². The Labute approximate surface area is 165 Å².